The summed E-state index contributed by atoms with van der Waals surface area (Å²) in [6, 6.07) is 11.5. The van der Waals surface area contributed by atoms with Crippen LogP contribution in [0.1, 0.15) is 11.1 Å². The molecule has 0 aliphatic heterocycles. The van der Waals surface area contributed by atoms with Crippen LogP contribution in [0.5, 0.6) is 0 Å². The molecule has 1 heterocycles. The van der Waals surface area contributed by atoms with E-state index in [0.29, 0.717) is 16.7 Å². The lowest BCUT2D eigenvalue weighted by Gasteiger charge is -2.08. The largest absolute Gasteiger partial charge is 0.323 e. The number of benzene rings is 1. The number of nitrogens with one attached hydrogen (secondary N) is 1. The molecule has 0 saturated carbocycles. The zero-order valence-electron chi connectivity index (χ0n) is 9.98. The van der Waals surface area contributed by atoms with E-state index in [9.17, 15) is 4.79 Å². The predicted octanol–water partition coefficient (Wildman–Crippen LogP) is 3.33. The summed E-state index contributed by atoms with van der Waals surface area (Å²) in [6.45, 7) is 2.00. The topological polar surface area (TPSA) is 42.0 Å². The molecular formula is C14H13BrN2O. The minimum Gasteiger partial charge on any atom is -0.323 e. The van der Waals surface area contributed by atoms with Crippen LogP contribution in [-0.4, -0.2) is 10.9 Å². The summed E-state index contributed by atoms with van der Waals surface area (Å²) in [5.41, 5.74) is 2.85. The van der Waals surface area contributed by atoms with E-state index in [0.717, 1.165) is 11.1 Å². The van der Waals surface area contributed by atoms with Crippen molar-refractivity contribution in [2.45, 2.75) is 13.3 Å². The Balaban J connectivity index is 2.06. The van der Waals surface area contributed by atoms with Crippen LogP contribution in [0, 0.1) is 6.92 Å². The summed E-state index contributed by atoms with van der Waals surface area (Å²) < 4.78 is 0.642. The molecule has 1 aromatic carbocycles. The SMILES string of the molecule is Cc1ccccc1CC(=O)Nc1cccnc1Br. The molecule has 3 nitrogen and oxygen atoms in total. The summed E-state index contributed by atoms with van der Waals surface area (Å²) in [7, 11) is 0. The first-order chi connectivity index (χ1) is 8.66. The van der Waals surface area contributed by atoms with Gasteiger partial charge in [-0.05, 0) is 46.1 Å². The van der Waals surface area contributed by atoms with Crippen molar-refractivity contribution in [2.75, 3.05) is 5.32 Å². The van der Waals surface area contributed by atoms with Crippen LogP contribution in [0.4, 0.5) is 5.69 Å². The van der Waals surface area contributed by atoms with Gasteiger partial charge in [0.15, 0.2) is 0 Å². The molecule has 2 rings (SSSR count). The van der Waals surface area contributed by atoms with Crippen molar-refractivity contribution >= 4 is 27.5 Å². The van der Waals surface area contributed by atoms with Crippen LogP contribution in [0.15, 0.2) is 47.2 Å². The number of anilines is 1. The van der Waals surface area contributed by atoms with Gasteiger partial charge in [-0.1, -0.05) is 24.3 Å². The number of carbonyl (C=O) groups is 1. The number of pyridine rings is 1. The first-order valence-electron chi connectivity index (χ1n) is 5.61. The summed E-state index contributed by atoms with van der Waals surface area (Å²) >= 11 is 3.30. The summed E-state index contributed by atoms with van der Waals surface area (Å²) in [5.74, 6) is -0.0435. The van der Waals surface area contributed by atoms with E-state index >= 15 is 0 Å². The Morgan fingerprint density at radius 3 is 2.78 bits per heavy atom. The summed E-state index contributed by atoms with van der Waals surface area (Å²) in [4.78, 5) is 16.0. The molecule has 92 valence electrons. The van der Waals surface area contributed by atoms with Gasteiger partial charge in [0.25, 0.3) is 0 Å². The van der Waals surface area contributed by atoms with Crippen LogP contribution in [0.25, 0.3) is 0 Å². The summed E-state index contributed by atoms with van der Waals surface area (Å²) in [5, 5.41) is 2.84. The molecule has 0 spiro atoms. The van der Waals surface area contributed by atoms with E-state index in [2.05, 4.69) is 26.2 Å². The first kappa shape index (κ1) is 12.8. The minimum absolute atomic E-state index is 0.0435. The van der Waals surface area contributed by atoms with E-state index in [1.165, 1.54) is 0 Å². The molecule has 0 bridgehead atoms. The second-order valence-corrected chi connectivity index (χ2v) is 4.74. The Morgan fingerprint density at radius 2 is 2.06 bits per heavy atom. The van der Waals surface area contributed by atoms with Crippen LogP contribution in [0.3, 0.4) is 0 Å². The molecule has 2 aromatic rings. The van der Waals surface area contributed by atoms with Crippen molar-refractivity contribution in [3.05, 3.63) is 58.3 Å². The highest BCUT2D eigenvalue weighted by Crippen LogP contribution is 2.18. The second kappa shape index (κ2) is 5.78. The van der Waals surface area contributed by atoms with Crippen molar-refractivity contribution < 1.29 is 4.79 Å². The Labute approximate surface area is 114 Å². The molecule has 1 aromatic heterocycles. The van der Waals surface area contributed by atoms with Crippen molar-refractivity contribution in [2.24, 2.45) is 0 Å². The number of halogens is 1. The molecule has 1 N–H and O–H groups in total. The van der Waals surface area contributed by atoms with E-state index < -0.39 is 0 Å². The number of aryl methyl sites for hydroxylation is 1. The highest BCUT2D eigenvalue weighted by atomic mass is 79.9. The molecule has 0 atom stereocenters. The van der Waals surface area contributed by atoms with E-state index in [1.54, 1.807) is 12.3 Å². The molecule has 18 heavy (non-hydrogen) atoms. The number of hydrogen-bond acceptors (Lipinski definition) is 2. The first-order valence-corrected chi connectivity index (χ1v) is 6.41. The fourth-order valence-corrected chi connectivity index (χ4v) is 2.00. The average Bonchev–Trinajstić information content (AvgIpc) is 2.35. The minimum atomic E-state index is -0.0435. The molecule has 0 aliphatic carbocycles. The van der Waals surface area contributed by atoms with Gasteiger partial charge < -0.3 is 5.32 Å². The maximum atomic E-state index is 11.9. The van der Waals surface area contributed by atoms with E-state index in [1.807, 2.05) is 37.3 Å². The predicted molar refractivity (Wildman–Crippen MR) is 75.4 cm³/mol. The molecule has 1 amide bonds. The van der Waals surface area contributed by atoms with Crippen molar-refractivity contribution in [3.63, 3.8) is 0 Å². The second-order valence-electron chi connectivity index (χ2n) is 3.99. The van der Waals surface area contributed by atoms with Gasteiger partial charge in [0.1, 0.15) is 4.60 Å². The van der Waals surface area contributed by atoms with Gasteiger partial charge in [-0.25, -0.2) is 4.98 Å². The number of aromatic nitrogens is 1. The number of hydrogen-bond donors (Lipinski definition) is 1. The molecule has 0 fully saturated rings. The number of carbonyl (C=O) groups excluding carboxylic acids is 1. The standard InChI is InChI=1S/C14H13BrN2O/c1-10-5-2-3-6-11(10)9-13(18)17-12-7-4-8-16-14(12)15/h2-8H,9H2,1H3,(H,17,18). The van der Waals surface area contributed by atoms with Gasteiger partial charge in [-0.2, -0.15) is 0 Å². The third-order valence-electron chi connectivity index (χ3n) is 2.65. The molecule has 4 heteroatoms. The zero-order valence-corrected chi connectivity index (χ0v) is 11.6. The lowest BCUT2D eigenvalue weighted by molar-refractivity contribution is -0.115. The number of rotatable bonds is 3. The van der Waals surface area contributed by atoms with Crippen LogP contribution >= 0.6 is 15.9 Å². The lowest BCUT2D eigenvalue weighted by atomic mass is 10.1. The van der Waals surface area contributed by atoms with Crippen LogP contribution < -0.4 is 5.32 Å². The number of nitrogens with zero attached hydrogens (tertiary/aromatic N) is 1. The van der Waals surface area contributed by atoms with E-state index in [-0.39, 0.29) is 5.91 Å². The Hall–Kier alpha value is -1.68. The zero-order chi connectivity index (χ0) is 13.0. The van der Waals surface area contributed by atoms with Crippen LogP contribution in [0.2, 0.25) is 0 Å². The molecule has 0 unspecified atom stereocenters. The van der Waals surface area contributed by atoms with Gasteiger partial charge in [0.05, 0.1) is 12.1 Å². The maximum absolute atomic E-state index is 11.9. The quantitative estimate of drug-likeness (QED) is 0.884. The fourth-order valence-electron chi connectivity index (χ4n) is 1.66. The van der Waals surface area contributed by atoms with Gasteiger partial charge in [-0.3, -0.25) is 4.79 Å². The van der Waals surface area contributed by atoms with Crippen LogP contribution in [-0.2, 0) is 11.2 Å². The molecular weight excluding hydrogens is 292 g/mol. The van der Waals surface area contributed by atoms with Crippen molar-refractivity contribution in [1.29, 1.82) is 0 Å². The smallest absolute Gasteiger partial charge is 0.228 e. The Morgan fingerprint density at radius 1 is 1.28 bits per heavy atom. The third-order valence-corrected chi connectivity index (χ3v) is 3.28. The fraction of sp³-hybridized carbons (Fsp3) is 0.143. The van der Waals surface area contributed by atoms with Crippen molar-refractivity contribution in [3.8, 4) is 0 Å². The summed E-state index contributed by atoms with van der Waals surface area (Å²) in [6.07, 6.45) is 2.04. The maximum Gasteiger partial charge on any atom is 0.228 e. The molecule has 0 saturated heterocycles. The molecule has 0 radical (unpaired) electrons. The third kappa shape index (κ3) is 3.17. The van der Waals surface area contributed by atoms with E-state index in [4.69, 9.17) is 0 Å². The lowest BCUT2D eigenvalue weighted by Crippen LogP contribution is -2.15. The average molecular weight is 305 g/mol. The van der Waals surface area contributed by atoms with Gasteiger partial charge >= 0.3 is 0 Å². The van der Waals surface area contributed by atoms with Gasteiger partial charge in [0.2, 0.25) is 5.91 Å². The highest BCUT2D eigenvalue weighted by Gasteiger charge is 2.08. The monoisotopic (exact) mass is 304 g/mol. The molecule has 0 aliphatic rings. The normalized spacial score (nSPS) is 10.1. The Bertz CT molecular complexity index is 520. The highest BCUT2D eigenvalue weighted by molar-refractivity contribution is 9.10. The van der Waals surface area contributed by atoms with Gasteiger partial charge in [-0.15, -0.1) is 0 Å². The Kier molecular flexibility index (Phi) is 4.10. The number of amides is 1. The van der Waals surface area contributed by atoms with Crippen molar-refractivity contribution in [1.82, 2.24) is 4.98 Å². The van der Waals surface area contributed by atoms with Gasteiger partial charge in [0, 0.05) is 6.20 Å².